The van der Waals surface area contributed by atoms with E-state index in [9.17, 15) is 4.79 Å². The molecule has 6 nitrogen and oxygen atoms in total. The molecule has 3 heterocycles. The zero-order valence-electron chi connectivity index (χ0n) is 15.0. The molecule has 1 unspecified atom stereocenters. The Hall–Kier alpha value is -2.63. The van der Waals surface area contributed by atoms with Crippen LogP contribution in [0.3, 0.4) is 0 Å². The molecule has 4 rings (SSSR count). The zero-order chi connectivity index (χ0) is 17.7. The average Bonchev–Trinajstić information content (AvgIpc) is 3.15. The summed E-state index contributed by atoms with van der Waals surface area (Å²) in [5.74, 6) is 0.526. The van der Waals surface area contributed by atoms with Crippen molar-refractivity contribution < 1.29 is 9.32 Å². The van der Waals surface area contributed by atoms with Crippen LogP contribution in [0.4, 0.5) is 5.69 Å². The smallest absolute Gasteiger partial charge is 0.234 e. The van der Waals surface area contributed by atoms with E-state index >= 15 is 0 Å². The van der Waals surface area contributed by atoms with Gasteiger partial charge in [-0.2, -0.15) is 0 Å². The summed E-state index contributed by atoms with van der Waals surface area (Å²) in [5.41, 5.74) is 5.95. The molecule has 0 aliphatic carbocycles. The highest BCUT2D eigenvalue weighted by molar-refractivity contribution is 6.01. The van der Waals surface area contributed by atoms with Gasteiger partial charge in [0.05, 0.1) is 29.0 Å². The Kier molecular flexibility index (Phi) is 3.63. The maximum Gasteiger partial charge on any atom is 0.234 e. The molecule has 0 radical (unpaired) electrons. The molecule has 1 amide bonds. The molecule has 1 atom stereocenters. The number of nitrogens with zero attached hydrogens (tertiary/aromatic N) is 4. The number of aromatic nitrogens is 3. The number of benzene rings is 1. The van der Waals surface area contributed by atoms with Crippen LogP contribution in [0.2, 0.25) is 0 Å². The van der Waals surface area contributed by atoms with E-state index in [2.05, 4.69) is 16.2 Å². The Balaban J connectivity index is 1.76. The van der Waals surface area contributed by atoms with E-state index in [4.69, 9.17) is 4.52 Å². The summed E-state index contributed by atoms with van der Waals surface area (Å²) in [5, 5.41) is 3.99. The van der Waals surface area contributed by atoms with Crippen molar-refractivity contribution in [1.82, 2.24) is 14.7 Å². The Morgan fingerprint density at radius 3 is 2.84 bits per heavy atom. The quantitative estimate of drug-likeness (QED) is 0.719. The van der Waals surface area contributed by atoms with Crippen LogP contribution in [0, 0.1) is 13.8 Å². The van der Waals surface area contributed by atoms with Gasteiger partial charge in [-0.05, 0) is 45.7 Å². The van der Waals surface area contributed by atoms with Gasteiger partial charge >= 0.3 is 0 Å². The van der Waals surface area contributed by atoms with Gasteiger partial charge in [0.1, 0.15) is 5.76 Å². The second kappa shape index (κ2) is 5.72. The van der Waals surface area contributed by atoms with Gasteiger partial charge in [0.15, 0.2) is 0 Å². The molecule has 0 bridgehead atoms. The molecule has 130 valence electrons. The van der Waals surface area contributed by atoms with E-state index in [-0.39, 0.29) is 11.8 Å². The summed E-state index contributed by atoms with van der Waals surface area (Å²) in [6.45, 7) is 6.41. The third-order valence-corrected chi connectivity index (χ3v) is 5.23. The molecule has 1 aliphatic rings. The van der Waals surface area contributed by atoms with Crippen molar-refractivity contribution in [2.45, 2.75) is 39.5 Å². The number of hydrogen-bond acceptors (Lipinski definition) is 4. The normalized spacial score (nSPS) is 15.4. The minimum Gasteiger partial charge on any atom is -0.361 e. The second-order valence-electron chi connectivity index (χ2n) is 6.84. The lowest BCUT2D eigenvalue weighted by Crippen LogP contribution is -2.38. The molecule has 6 heteroatoms. The third-order valence-electron chi connectivity index (χ3n) is 5.23. The topological polar surface area (TPSA) is 64.2 Å². The number of imidazole rings is 1. The van der Waals surface area contributed by atoms with Crippen molar-refractivity contribution in [3.05, 3.63) is 41.0 Å². The molecule has 3 aromatic rings. The van der Waals surface area contributed by atoms with Crippen molar-refractivity contribution in [2.24, 2.45) is 7.05 Å². The highest BCUT2D eigenvalue weighted by Crippen LogP contribution is 2.35. The molecule has 0 saturated carbocycles. The molecule has 0 N–H and O–H groups in total. The van der Waals surface area contributed by atoms with Gasteiger partial charge in [0.25, 0.3) is 0 Å². The lowest BCUT2D eigenvalue weighted by molar-refractivity contribution is -0.119. The fraction of sp³-hybridized carbons (Fsp3) is 0.421. The molecular formula is C19H22N4O2. The molecule has 1 aromatic carbocycles. The highest BCUT2D eigenvalue weighted by atomic mass is 16.5. The predicted molar refractivity (Wildman–Crippen MR) is 95.8 cm³/mol. The molecule has 0 fully saturated rings. The summed E-state index contributed by atoms with van der Waals surface area (Å²) < 4.78 is 7.27. The van der Waals surface area contributed by atoms with Gasteiger partial charge in [-0.25, -0.2) is 4.98 Å². The van der Waals surface area contributed by atoms with E-state index in [1.54, 1.807) is 0 Å². The van der Waals surface area contributed by atoms with E-state index in [0.29, 0.717) is 0 Å². The van der Waals surface area contributed by atoms with Gasteiger partial charge in [0, 0.05) is 30.4 Å². The van der Waals surface area contributed by atoms with Crippen molar-refractivity contribution in [2.75, 3.05) is 11.4 Å². The number of carbonyl (C=O) groups is 1. The first-order valence-electron chi connectivity index (χ1n) is 8.66. The van der Waals surface area contributed by atoms with Crippen LogP contribution in [-0.4, -0.2) is 27.2 Å². The number of amides is 1. The van der Waals surface area contributed by atoms with E-state index in [1.165, 1.54) is 5.56 Å². The van der Waals surface area contributed by atoms with Crippen molar-refractivity contribution in [1.29, 1.82) is 0 Å². The van der Waals surface area contributed by atoms with Crippen molar-refractivity contribution >= 4 is 22.6 Å². The van der Waals surface area contributed by atoms with Crippen LogP contribution in [0.25, 0.3) is 11.0 Å². The Morgan fingerprint density at radius 2 is 2.12 bits per heavy atom. The van der Waals surface area contributed by atoms with Crippen LogP contribution in [0.1, 0.15) is 41.8 Å². The van der Waals surface area contributed by atoms with Crippen molar-refractivity contribution in [3.63, 3.8) is 0 Å². The summed E-state index contributed by atoms with van der Waals surface area (Å²) in [4.78, 5) is 19.7. The number of rotatable bonds is 2. The van der Waals surface area contributed by atoms with Crippen LogP contribution in [0.5, 0.6) is 0 Å². The monoisotopic (exact) mass is 338 g/mol. The van der Waals surface area contributed by atoms with Crippen LogP contribution >= 0.6 is 0 Å². The molecular weight excluding hydrogens is 316 g/mol. The highest BCUT2D eigenvalue weighted by Gasteiger charge is 2.31. The van der Waals surface area contributed by atoms with Crippen LogP contribution in [0.15, 0.2) is 23.0 Å². The minimum absolute atomic E-state index is 0.0885. The lowest BCUT2D eigenvalue weighted by atomic mass is 9.94. The number of carbonyl (C=O) groups excluding carboxylic acids is 1. The Labute approximate surface area is 146 Å². The largest absolute Gasteiger partial charge is 0.361 e. The molecule has 0 spiro atoms. The minimum atomic E-state index is -0.281. The molecule has 2 aromatic heterocycles. The molecule has 1 aliphatic heterocycles. The van der Waals surface area contributed by atoms with Gasteiger partial charge < -0.3 is 14.0 Å². The van der Waals surface area contributed by atoms with Gasteiger partial charge in [-0.15, -0.1) is 0 Å². The van der Waals surface area contributed by atoms with E-state index in [1.807, 2.05) is 49.7 Å². The fourth-order valence-electron chi connectivity index (χ4n) is 3.98. The molecule has 0 saturated heterocycles. The van der Waals surface area contributed by atoms with Crippen molar-refractivity contribution in [3.8, 4) is 0 Å². The zero-order valence-corrected chi connectivity index (χ0v) is 15.0. The lowest BCUT2D eigenvalue weighted by Gasteiger charge is -2.31. The Morgan fingerprint density at radius 1 is 1.32 bits per heavy atom. The predicted octanol–water partition coefficient (Wildman–Crippen LogP) is 3.26. The number of anilines is 1. The third kappa shape index (κ3) is 2.35. The number of hydrogen-bond donors (Lipinski definition) is 0. The number of fused-ring (bicyclic) bond motifs is 3. The van der Waals surface area contributed by atoms with Crippen LogP contribution < -0.4 is 4.90 Å². The summed E-state index contributed by atoms with van der Waals surface area (Å²) in [6.07, 6.45) is 3.73. The first-order valence-corrected chi connectivity index (χ1v) is 8.66. The average molecular weight is 338 g/mol. The molecule has 25 heavy (non-hydrogen) atoms. The summed E-state index contributed by atoms with van der Waals surface area (Å²) >= 11 is 0. The summed E-state index contributed by atoms with van der Waals surface area (Å²) in [6, 6.07) is 4.10. The first kappa shape index (κ1) is 15.9. The Bertz CT molecular complexity index is 950. The maximum absolute atomic E-state index is 13.2. The second-order valence-corrected chi connectivity index (χ2v) is 6.84. The van der Waals surface area contributed by atoms with Gasteiger partial charge in [-0.1, -0.05) is 5.16 Å². The van der Waals surface area contributed by atoms with E-state index < -0.39 is 0 Å². The van der Waals surface area contributed by atoms with Gasteiger partial charge in [0.2, 0.25) is 5.91 Å². The number of aryl methyl sites for hydroxylation is 4. The first-order chi connectivity index (χ1) is 12.0. The SMILES string of the molecule is Cc1noc(C)c1C(C)C(=O)N1CCCc2c1ccc1c2ncn1C. The van der Waals surface area contributed by atoms with Crippen LogP contribution in [-0.2, 0) is 18.3 Å². The fourth-order valence-corrected chi connectivity index (χ4v) is 3.98. The maximum atomic E-state index is 13.2. The van der Waals surface area contributed by atoms with Gasteiger partial charge in [-0.3, -0.25) is 4.79 Å². The van der Waals surface area contributed by atoms with E-state index in [0.717, 1.165) is 53.1 Å². The summed E-state index contributed by atoms with van der Waals surface area (Å²) in [7, 11) is 1.99. The standard InChI is InChI=1S/C19H22N4O2/c1-11(17-12(2)21-25-13(17)3)19(24)23-9-5-6-14-15(23)7-8-16-18(14)20-10-22(16)4/h7-8,10-11H,5-6,9H2,1-4H3.